The van der Waals surface area contributed by atoms with Gasteiger partial charge in [-0.05, 0) is 42.1 Å². The summed E-state index contributed by atoms with van der Waals surface area (Å²) in [6.07, 6.45) is 5.20. The highest BCUT2D eigenvalue weighted by atomic mass is 35.5. The molecule has 0 bridgehead atoms. The molecule has 4 heterocycles. The Morgan fingerprint density at radius 3 is 2.97 bits per heavy atom. The molecule has 0 aliphatic carbocycles. The van der Waals surface area contributed by atoms with Gasteiger partial charge in [-0.2, -0.15) is 5.10 Å². The number of aromatic amines is 1. The Bertz CT molecular complexity index is 1260. The number of anilines is 1. The SMILES string of the molecule is Cn1nccc1C(=O)N1CCc2c(nc(Cl)nc2NCCc2c[nH]c3ccccc23)C1. The van der Waals surface area contributed by atoms with E-state index in [1.807, 2.05) is 12.1 Å². The molecule has 2 N–H and O–H groups in total. The number of nitrogens with zero attached hydrogens (tertiary/aromatic N) is 5. The van der Waals surface area contributed by atoms with Crippen LogP contribution in [0.1, 0.15) is 27.3 Å². The van der Waals surface area contributed by atoms with Crippen LogP contribution in [-0.4, -0.2) is 48.6 Å². The van der Waals surface area contributed by atoms with E-state index in [1.54, 1.807) is 28.9 Å². The molecule has 158 valence electrons. The third kappa shape index (κ3) is 3.74. The van der Waals surface area contributed by atoms with Gasteiger partial charge in [0.15, 0.2) is 0 Å². The molecule has 4 aromatic rings. The summed E-state index contributed by atoms with van der Waals surface area (Å²) in [6.45, 7) is 1.72. The molecule has 9 heteroatoms. The van der Waals surface area contributed by atoms with Crippen molar-refractivity contribution in [1.82, 2.24) is 29.6 Å². The second kappa shape index (κ2) is 8.03. The monoisotopic (exact) mass is 435 g/mol. The summed E-state index contributed by atoms with van der Waals surface area (Å²) in [5.74, 6) is 0.691. The Morgan fingerprint density at radius 1 is 1.26 bits per heavy atom. The van der Waals surface area contributed by atoms with Crippen LogP contribution in [0, 0.1) is 0 Å². The predicted molar refractivity (Wildman–Crippen MR) is 119 cm³/mol. The molecule has 0 radical (unpaired) electrons. The van der Waals surface area contributed by atoms with Crippen LogP contribution in [-0.2, 0) is 26.4 Å². The van der Waals surface area contributed by atoms with Gasteiger partial charge in [-0.1, -0.05) is 18.2 Å². The quantitative estimate of drug-likeness (QED) is 0.470. The molecule has 0 fully saturated rings. The van der Waals surface area contributed by atoms with Gasteiger partial charge in [-0.25, -0.2) is 9.97 Å². The van der Waals surface area contributed by atoms with E-state index in [1.165, 1.54) is 10.9 Å². The Labute approximate surface area is 184 Å². The van der Waals surface area contributed by atoms with Gasteiger partial charge in [0.2, 0.25) is 5.28 Å². The number of aryl methyl sites for hydroxylation is 1. The Morgan fingerprint density at radius 2 is 2.13 bits per heavy atom. The van der Waals surface area contributed by atoms with Crippen molar-refractivity contribution < 1.29 is 4.79 Å². The Hall–Kier alpha value is -3.39. The number of hydrogen-bond donors (Lipinski definition) is 2. The standard InChI is InChI=1S/C22H22ClN7O/c1-29-19(7-10-26-29)21(31)30-11-8-16-18(13-30)27-22(23)28-20(16)24-9-6-14-12-25-17-5-3-2-4-15(14)17/h2-5,7,10,12,25H,6,8-9,11,13H2,1H3,(H,24,27,28). The van der Waals surface area contributed by atoms with Gasteiger partial charge in [-0.15, -0.1) is 0 Å². The van der Waals surface area contributed by atoms with Crippen molar-refractivity contribution in [2.45, 2.75) is 19.4 Å². The highest BCUT2D eigenvalue weighted by molar-refractivity contribution is 6.28. The Balaban J connectivity index is 1.31. The maximum absolute atomic E-state index is 12.8. The van der Waals surface area contributed by atoms with Crippen LogP contribution in [0.5, 0.6) is 0 Å². The van der Waals surface area contributed by atoms with Crippen LogP contribution in [0.15, 0.2) is 42.7 Å². The molecule has 0 saturated heterocycles. The molecule has 0 spiro atoms. The molecule has 3 aromatic heterocycles. The summed E-state index contributed by atoms with van der Waals surface area (Å²) in [7, 11) is 1.76. The number of amides is 1. The zero-order valence-corrected chi connectivity index (χ0v) is 17.9. The third-order valence-electron chi connectivity index (χ3n) is 5.73. The number of fused-ring (bicyclic) bond motifs is 2. The van der Waals surface area contributed by atoms with Crippen LogP contribution in [0.25, 0.3) is 10.9 Å². The van der Waals surface area contributed by atoms with Crippen LogP contribution < -0.4 is 5.32 Å². The molecule has 31 heavy (non-hydrogen) atoms. The van der Waals surface area contributed by atoms with Gasteiger partial charge in [0.1, 0.15) is 11.5 Å². The fourth-order valence-electron chi connectivity index (χ4n) is 4.12. The maximum Gasteiger partial charge on any atom is 0.272 e. The fraction of sp³-hybridized carbons (Fsp3) is 0.273. The van der Waals surface area contributed by atoms with Crippen molar-refractivity contribution >= 4 is 34.2 Å². The van der Waals surface area contributed by atoms with E-state index in [4.69, 9.17) is 11.6 Å². The van der Waals surface area contributed by atoms with Crippen molar-refractivity contribution in [3.05, 3.63) is 70.5 Å². The normalized spacial score (nSPS) is 13.4. The Kier molecular flexibility index (Phi) is 5.07. The van der Waals surface area contributed by atoms with Crippen molar-refractivity contribution in [2.75, 3.05) is 18.4 Å². The van der Waals surface area contributed by atoms with E-state index >= 15 is 0 Å². The number of benzene rings is 1. The molecular formula is C22H22ClN7O. The summed E-state index contributed by atoms with van der Waals surface area (Å²) in [4.78, 5) is 26.7. The maximum atomic E-state index is 12.8. The first-order valence-electron chi connectivity index (χ1n) is 10.2. The lowest BCUT2D eigenvalue weighted by Crippen LogP contribution is -2.38. The lowest BCUT2D eigenvalue weighted by Gasteiger charge is -2.29. The number of para-hydroxylation sites is 1. The fourth-order valence-corrected chi connectivity index (χ4v) is 4.31. The average molecular weight is 436 g/mol. The molecule has 0 atom stereocenters. The number of nitrogens with one attached hydrogen (secondary N) is 2. The lowest BCUT2D eigenvalue weighted by molar-refractivity contribution is 0.0720. The van der Waals surface area contributed by atoms with Crippen LogP contribution >= 0.6 is 11.6 Å². The first kappa shape index (κ1) is 19.6. The minimum Gasteiger partial charge on any atom is -0.369 e. The van der Waals surface area contributed by atoms with Crippen molar-refractivity contribution in [2.24, 2.45) is 7.05 Å². The van der Waals surface area contributed by atoms with Gasteiger partial charge in [-0.3, -0.25) is 9.48 Å². The summed E-state index contributed by atoms with van der Waals surface area (Å²) in [5.41, 5.74) is 4.76. The average Bonchev–Trinajstić information content (AvgIpc) is 3.39. The molecule has 8 nitrogen and oxygen atoms in total. The zero-order valence-electron chi connectivity index (χ0n) is 17.1. The van der Waals surface area contributed by atoms with E-state index < -0.39 is 0 Å². The molecular weight excluding hydrogens is 414 g/mol. The number of carbonyl (C=O) groups excluding carboxylic acids is 1. The van der Waals surface area contributed by atoms with E-state index in [-0.39, 0.29) is 11.2 Å². The zero-order chi connectivity index (χ0) is 21.4. The minimum absolute atomic E-state index is 0.0609. The number of rotatable bonds is 5. The van der Waals surface area contributed by atoms with Crippen LogP contribution in [0.2, 0.25) is 5.28 Å². The van der Waals surface area contributed by atoms with Crippen molar-refractivity contribution in [3.8, 4) is 0 Å². The van der Waals surface area contributed by atoms with Gasteiger partial charge in [0.05, 0.1) is 12.2 Å². The van der Waals surface area contributed by atoms with E-state index in [0.717, 1.165) is 35.6 Å². The summed E-state index contributed by atoms with van der Waals surface area (Å²) in [6, 6.07) is 10.00. The summed E-state index contributed by atoms with van der Waals surface area (Å²) in [5, 5.41) is 8.94. The molecule has 0 unspecified atom stereocenters. The number of aromatic nitrogens is 5. The largest absolute Gasteiger partial charge is 0.369 e. The van der Waals surface area contributed by atoms with Crippen molar-refractivity contribution in [3.63, 3.8) is 0 Å². The molecule has 1 amide bonds. The van der Waals surface area contributed by atoms with Gasteiger partial charge < -0.3 is 15.2 Å². The third-order valence-corrected chi connectivity index (χ3v) is 5.90. The summed E-state index contributed by atoms with van der Waals surface area (Å²) >= 11 is 6.21. The lowest BCUT2D eigenvalue weighted by atomic mass is 10.0. The molecule has 0 saturated carbocycles. The predicted octanol–water partition coefficient (Wildman–Crippen LogP) is 3.20. The minimum atomic E-state index is -0.0609. The number of H-pyrrole nitrogens is 1. The molecule has 1 aliphatic rings. The van der Waals surface area contributed by atoms with Crippen LogP contribution in [0.3, 0.4) is 0 Å². The van der Waals surface area contributed by atoms with E-state index in [2.05, 4.69) is 43.7 Å². The number of halogens is 1. The first-order chi connectivity index (χ1) is 15.1. The molecule has 5 rings (SSSR count). The van der Waals surface area contributed by atoms with Gasteiger partial charge in [0.25, 0.3) is 5.91 Å². The first-order valence-corrected chi connectivity index (χ1v) is 10.6. The second-order valence-electron chi connectivity index (χ2n) is 7.62. The smallest absolute Gasteiger partial charge is 0.272 e. The topological polar surface area (TPSA) is 91.7 Å². The summed E-state index contributed by atoms with van der Waals surface area (Å²) < 4.78 is 1.59. The highest BCUT2D eigenvalue weighted by Gasteiger charge is 2.27. The molecule has 1 aromatic carbocycles. The highest BCUT2D eigenvalue weighted by Crippen LogP contribution is 2.26. The van der Waals surface area contributed by atoms with Crippen LogP contribution in [0.4, 0.5) is 5.82 Å². The molecule has 1 aliphatic heterocycles. The van der Waals surface area contributed by atoms with Gasteiger partial charge >= 0.3 is 0 Å². The van der Waals surface area contributed by atoms with Gasteiger partial charge in [0, 0.05) is 49.0 Å². The van der Waals surface area contributed by atoms with E-state index in [9.17, 15) is 4.79 Å². The number of hydrogen-bond acceptors (Lipinski definition) is 5. The van der Waals surface area contributed by atoms with E-state index in [0.29, 0.717) is 25.2 Å². The second-order valence-corrected chi connectivity index (χ2v) is 7.96. The van der Waals surface area contributed by atoms with Crippen molar-refractivity contribution in [1.29, 1.82) is 0 Å². The number of carbonyl (C=O) groups is 1.